The molecule has 34 heavy (non-hydrogen) atoms. The minimum atomic E-state index is -3.74. The number of halogens is 5. The number of H-pyrrole nitrogens is 1. The third kappa shape index (κ3) is 4.80. The highest BCUT2D eigenvalue weighted by atomic mass is 19.3. The summed E-state index contributed by atoms with van der Waals surface area (Å²) in [7, 11) is 0. The number of benzene rings is 1. The molecule has 3 aromatic rings. The van der Waals surface area contributed by atoms with Crippen LogP contribution in [0.5, 0.6) is 11.5 Å². The Morgan fingerprint density at radius 1 is 1.26 bits per heavy atom. The number of aryl methyl sites for hydroxylation is 2. The molecular weight excluding hydrogens is 465 g/mol. The topological polar surface area (TPSA) is 94.2 Å². The lowest BCUT2D eigenvalue weighted by atomic mass is 10.1. The fourth-order valence-corrected chi connectivity index (χ4v) is 3.09. The van der Waals surface area contributed by atoms with E-state index >= 15 is 0 Å². The zero-order chi connectivity index (χ0) is 25.4. The molecule has 0 spiro atoms. The van der Waals surface area contributed by atoms with Crippen molar-refractivity contribution in [2.45, 2.75) is 39.7 Å². The lowest BCUT2D eigenvalue weighted by molar-refractivity contribution is 0.0100. The third-order valence-corrected chi connectivity index (χ3v) is 4.71. The Hall–Kier alpha value is -4.08. The van der Waals surface area contributed by atoms with Gasteiger partial charge in [-0.2, -0.15) is 8.78 Å². The maximum Gasteiger partial charge on any atom is 0.297 e. The van der Waals surface area contributed by atoms with Crippen molar-refractivity contribution in [2.75, 3.05) is 0 Å². The van der Waals surface area contributed by atoms with Gasteiger partial charge in [-0.3, -0.25) is 14.2 Å². The molecule has 0 radical (unpaired) electrons. The average molecular weight is 481 g/mol. The van der Waals surface area contributed by atoms with Crippen molar-refractivity contribution in [2.24, 2.45) is 0 Å². The van der Waals surface area contributed by atoms with E-state index in [2.05, 4.69) is 19.8 Å². The van der Waals surface area contributed by atoms with E-state index in [-0.39, 0.29) is 11.3 Å². The van der Waals surface area contributed by atoms with E-state index in [0.717, 1.165) is 10.9 Å². The molecule has 1 N–H and O–H groups in total. The summed E-state index contributed by atoms with van der Waals surface area (Å²) < 4.78 is 75.1. The van der Waals surface area contributed by atoms with Crippen LogP contribution in [0.4, 0.5) is 27.6 Å². The molecule has 1 aromatic carbocycles. The molecule has 2 heterocycles. The van der Waals surface area contributed by atoms with Crippen LogP contribution in [0.25, 0.3) is 4.85 Å². The first-order chi connectivity index (χ1) is 15.8. The van der Waals surface area contributed by atoms with E-state index in [0.29, 0.717) is 24.9 Å². The van der Waals surface area contributed by atoms with Crippen molar-refractivity contribution in [1.29, 1.82) is 0 Å². The van der Waals surface area contributed by atoms with E-state index in [1.807, 2.05) is 0 Å². The van der Waals surface area contributed by atoms with Gasteiger partial charge in [-0.25, -0.2) is 28.0 Å². The summed E-state index contributed by atoms with van der Waals surface area (Å²) in [5, 5.41) is 0. The highest BCUT2D eigenvalue weighted by Gasteiger charge is 2.34. The van der Waals surface area contributed by atoms with Crippen molar-refractivity contribution in [1.82, 2.24) is 19.5 Å². The molecule has 0 aliphatic carbocycles. The van der Waals surface area contributed by atoms with Gasteiger partial charge < -0.3 is 9.72 Å². The van der Waals surface area contributed by atoms with Crippen LogP contribution in [0.1, 0.15) is 41.7 Å². The molecule has 0 aliphatic rings. The van der Waals surface area contributed by atoms with Gasteiger partial charge >= 0.3 is 0 Å². The average Bonchev–Trinajstić information content (AvgIpc) is 2.73. The Labute approximate surface area is 188 Å². The molecule has 0 atom stereocenters. The minimum Gasteiger partial charge on any atom is -0.448 e. The number of nitrogens with zero attached hydrogens (tertiary/aromatic N) is 4. The first-order valence-electron chi connectivity index (χ1n) is 9.54. The number of nitrogens with one attached hydrogen (secondary N) is 1. The zero-order valence-corrected chi connectivity index (χ0v) is 17.9. The number of aromatic nitrogens is 4. The van der Waals surface area contributed by atoms with Crippen LogP contribution < -0.4 is 15.9 Å². The van der Waals surface area contributed by atoms with Crippen LogP contribution in [0.3, 0.4) is 0 Å². The largest absolute Gasteiger partial charge is 0.448 e. The van der Waals surface area contributed by atoms with Crippen LogP contribution in [-0.4, -0.2) is 19.5 Å². The molecule has 0 saturated heterocycles. The summed E-state index contributed by atoms with van der Waals surface area (Å²) in [6.45, 7) is 9.94. The van der Waals surface area contributed by atoms with Gasteiger partial charge in [0.1, 0.15) is 5.82 Å². The Bertz CT molecular complexity index is 1420. The molecule has 178 valence electrons. The molecule has 0 amide bonds. The normalized spacial score (nSPS) is 11.5. The molecule has 2 aromatic heterocycles. The molecule has 0 saturated carbocycles. The standard InChI is InChI=1S/C21H16F5N5O3/c1-9-12(19(32)30-10(2)29-9)7-31-8-28-17(21(3,25)26)16(20(31)33)34-14-6-11(18(23)24)5-13(27-4)15(14)22/h5-6,8,18H,7H2,1-3H3,(H,29,30,32). The van der Waals surface area contributed by atoms with Crippen LogP contribution >= 0.6 is 0 Å². The second-order valence-electron chi connectivity index (χ2n) is 7.33. The van der Waals surface area contributed by atoms with Crippen molar-refractivity contribution in [3.8, 4) is 11.5 Å². The number of aromatic amines is 1. The van der Waals surface area contributed by atoms with Crippen LogP contribution in [-0.2, 0) is 12.5 Å². The van der Waals surface area contributed by atoms with Gasteiger partial charge in [-0.15, -0.1) is 0 Å². The highest BCUT2D eigenvalue weighted by molar-refractivity contribution is 5.55. The fraction of sp³-hybridized carbons (Fsp3) is 0.286. The van der Waals surface area contributed by atoms with E-state index in [1.165, 1.54) is 13.8 Å². The molecule has 0 bridgehead atoms. The predicted octanol–water partition coefficient (Wildman–Crippen LogP) is 4.52. The Morgan fingerprint density at radius 3 is 2.50 bits per heavy atom. The van der Waals surface area contributed by atoms with Gasteiger partial charge in [-0.05, 0) is 26.0 Å². The molecule has 3 rings (SSSR count). The van der Waals surface area contributed by atoms with E-state index in [4.69, 9.17) is 11.3 Å². The Balaban J connectivity index is 2.20. The molecule has 0 unspecified atom stereocenters. The summed E-state index contributed by atoms with van der Waals surface area (Å²) >= 11 is 0. The number of alkyl halides is 4. The van der Waals surface area contributed by atoms with Gasteiger partial charge in [0.2, 0.25) is 11.4 Å². The SMILES string of the molecule is [C-]#[N+]c1cc(C(F)F)cc(Oc2c(C(C)(F)F)ncn(Cc3c(C)nc(C)[nH]c3=O)c2=O)c1F. The van der Waals surface area contributed by atoms with Crippen molar-refractivity contribution in [3.05, 3.63) is 84.7 Å². The van der Waals surface area contributed by atoms with Crippen LogP contribution in [0.15, 0.2) is 28.0 Å². The molecule has 8 nitrogen and oxygen atoms in total. The number of rotatable bonds is 6. The van der Waals surface area contributed by atoms with Crippen LogP contribution in [0.2, 0.25) is 0 Å². The van der Waals surface area contributed by atoms with Crippen LogP contribution in [0, 0.1) is 26.2 Å². The molecule has 0 aliphatic heterocycles. The van der Waals surface area contributed by atoms with Gasteiger partial charge in [-0.1, -0.05) is 0 Å². The lowest BCUT2D eigenvalue weighted by Crippen LogP contribution is -2.30. The second kappa shape index (κ2) is 9.05. The molecule has 0 fully saturated rings. The summed E-state index contributed by atoms with van der Waals surface area (Å²) in [6, 6.07) is 1.08. The Kier molecular flexibility index (Phi) is 6.53. The predicted molar refractivity (Wildman–Crippen MR) is 109 cm³/mol. The van der Waals surface area contributed by atoms with Gasteiger partial charge in [0.25, 0.3) is 23.5 Å². The second-order valence-corrected chi connectivity index (χ2v) is 7.33. The summed E-state index contributed by atoms with van der Waals surface area (Å²) in [5.74, 6) is -7.03. The summed E-state index contributed by atoms with van der Waals surface area (Å²) in [6.07, 6.45) is -2.39. The van der Waals surface area contributed by atoms with E-state index < -0.39 is 64.3 Å². The van der Waals surface area contributed by atoms with Crippen molar-refractivity contribution < 1.29 is 26.7 Å². The van der Waals surface area contributed by atoms with Crippen molar-refractivity contribution in [3.63, 3.8) is 0 Å². The van der Waals surface area contributed by atoms with E-state index in [9.17, 15) is 31.5 Å². The number of hydrogen-bond acceptors (Lipinski definition) is 5. The third-order valence-electron chi connectivity index (χ3n) is 4.71. The van der Waals surface area contributed by atoms with Crippen molar-refractivity contribution >= 4 is 5.69 Å². The minimum absolute atomic E-state index is 0.0256. The van der Waals surface area contributed by atoms with Gasteiger partial charge in [0.05, 0.1) is 25.0 Å². The quantitative estimate of drug-likeness (QED) is 0.413. The summed E-state index contributed by atoms with van der Waals surface area (Å²) in [5.41, 5.74) is -4.39. The lowest BCUT2D eigenvalue weighted by Gasteiger charge is -2.17. The maximum atomic E-state index is 14.6. The number of ether oxygens (including phenoxy) is 1. The molecular formula is C21H16F5N5O3. The van der Waals surface area contributed by atoms with Gasteiger partial charge in [0.15, 0.2) is 17.3 Å². The highest BCUT2D eigenvalue weighted by Crippen LogP contribution is 2.38. The number of hydrogen-bond donors (Lipinski definition) is 1. The zero-order valence-electron chi connectivity index (χ0n) is 17.9. The first kappa shape index (κ1) is 24.6. The maximum absolute atomic E-state index is 14.6. The monoisotopic (exact) mass is 481 g/mol. The first-order valence-corrected chi connectivity index (χ1v) is 9.54. The summed E-state index contributed by atoms with van der Waals surface area (Å²) in [4.78, 5) is 38.1. The smallest absolute Gasteiger partial charge is 0.297 e. The van der Waals surface area contributed by atoms with Gasteiger partial charge in [0, 0.05) is 18.2 Å². The fourth-order valence-electron chi connectivity index (χ4n) is 3.09. The van der Waals surface area contributed by atoms with E-state index in [1.54, 1.807) is 0 Å². The molecule has 13 heteroatoms. The Morgan fingerprint density at radius 2 is 1.94 bits per heavy atom.